The van der Waals surface area contributed by atoms with Crippen molar-refractivity contribution in [2.75, 3.05) is 18.0 Å². The van der Waals surface area contributed by atoms with Crippen LogP contribution < -0.4 is 4.90 Å². The van der Waals surface area contributed by atoms with Crippen molar-refractivity contribution in [1.82, 2.24) is 14.7 Å². The molecule has 208 valence electrons. The van der Waals surface area contributed by atoms with Gasteiger partial charge in [0.2, 0.25) is 0 Å². The van der Waals surface area contributed by atoms with Crippen molar-refractivity contribution < 1.29 is 23.9 Å². The third-order valence-corrected chi connectivity index (χ3v) is 7.81. The van der Waals surface area contributed by atoms with Gasteiger partial charge in [-0.05, 0) is 56.5 Å². The summed E-state index contributed by atoms with van der Waals surface area (Å²) in [7, 11) is 0. The van der Waals surface area contributed by atoms with Crippen LogP contribution in [-0.2, 0) is 11.3 Å². The maximum atomic E-state index is 14.4. The first-order chi connectivity index (χ1) is 19.4. The number of amides is 4. The van der Waals surface area contributed by atoms with E-state index in [1.54, 1.807) is 28.0 Å². The molecule has 8 nitrogen and oxygen atoms in total. The highest BCUT2D eigenvalue weighted by Gasteiger charge is 2.52. The van der Waals surface area contributed by atoms with Gasteiger partial charge in [0.25, 0.3) is 0 Å². The molecule has 2 aliphatic heterocycles. The number of para-hydroxylation sites is 2. The molecule has 3 aromatic rings. The molecule has 2 aliphatic rings. The molecular weight excluding hydrogens is 511 g/mol. The quantitative estimate of drug-likeness (QED) is 0.430. The molecule has 0 aromatic heterocycles. The van der Waals surface area contributed by atoms with Gasteiger partial charge in [-0.2, -0.15) is 0 Å². The highest BCUT2D eigenvalue weighted by atomic mass is 19.1. The van der Waals surface area contributed by atoms with Crippen molar-refractivity contribution in [2.45, 2.75) is 50.9 Å². The fourth-order valence-corrected chi connectivity index (χ4v) is 5.90. The van der Waals surface area contributed by atoms with Gasteiger partial charge < -0.3 is 19.8 Å². The molecule has 0 saturated carbocycles. The van der Waals surface area contributed by atoms with Crippen LogP contribution in [0.3, 0.4) is 0 Å². The van der Waals surface area contributed by atoms with Crippen LogP contribution >= 0.6 is 0 Å². The Labute approximate surface area is 233 Å². The van der Waals surface area contributed by atoms with Crippen molar-refractivity contribution in [1.29, 1.82) is 0 Å². The number of piperazine rings is 1. The minimum Gasteiger partial charge on any atom is -0.480 e. The molecule has 0 unspecified atom stereocenters. The Morgan fingerprint density at radius 2 is 1.48 bits per heavy atom. The number of carboxylic acid groups (broad SMARTS) is 1. The summed E-state index contributed by atoms with van der Waals surface area (Å²) in [5, 5.41) is 10.4. The average molecular weight is 545 g/mol. The predicted octanol–water partition coefficient (Wildman–Crippen LogP) is 5.72. The molecule has 3 aromatic carbocycles. The summed E-state index contributed by atoms with van der Waals surface area (Å²) in [5.41, 5.74) is 1.63. The number of likely N-dealkylation sites (tertiary alicyclic amines) is 1. The van der Waals surface area contributed by atoms with Crippen LogP contribution in [0, 0.1) is 5.82 Å². The minimum absolute atomic E-state index is 0.0775. The van der Waals surface area contributed by atoms with Crippen LogP contribution in [0.5, 0.6) is 0 Å². The Hall–Kier alpha value is -4.40. The summed E-state index contributed by atoms with van der Waals surface area (Å²) in [5.74, 6) is -1.55. The Morgan fingerprint density at radius 3 is 2.05 bits per heavy atom. The molecule has 0 radical (unpaired) electrons. The number of aliphatic carboxylic acids is 1. The highest BCUT2D eigenvalue weighted by Crippen LogP contribution is 2.36. The van der Waals surface area contributed by atoms with E-state index in [-0.39, 0.29) is 25.2 Å². The Bertz CT molecular complexity index is 1320. The van der Waals surface area contributed by atoms with Gasteiger partial charge in [-0.1, -0.05) is 54.6 Å². The van der Waals surface area contributed by atoms with Crippen LogP contribution in [-0.4, -0.2) is 69.1 Å². The van der Waals surface area contributed by atoms with E-state index in [4.69, 9.17) is 0 Å². The van der Waals surface area contributed by atoms with Gasteiger partial charge in [0.05, 0.1) is 30.0 Å². The normalized spacial score (nSPS) is 20.1. The largest absolute Gasteiger partial charge is 0.480 e. The number of carbonyl (C=O) groups is 3. The number of hydrogen-bond donors (Lipinski definition) is 1. The van der Waals surface area contributed by atoms with Gasteiger partial charge in [-0.3, -0.25) is 4.90 Å². The minimum atomic E-state index is -1.23. The van der Waals surface area contributed by atoms with Gasteiger partial charge in [0.1, 0.15) is 5.82 Å². The molecule has 2 heterocycles. The second kappa shape index (κ2) is 11.8. The lowest BCUT2D eigenvalue weighted by molar-refractivity contribution is -0.148. The topological polar surface area (TPSA) is 84.4 Å². The molecule has 2 fully saturated rings. The van der Waals surface area contributed by atoms with E-state index in [2.05, 4.69) is 0 Å². The predicted molar refractivity (Wildman–Crippen MR) is 150 cm³/mol. The summed E-state index contributed by atoms with van der Waals surface area (Å²) in [6.07, 6.45) is 1.86. The molecule has 4 amide bonds. The van der Waals surface area contributed by atoms with Crippen LogP contribution in [0.25, 0.3) is 0 Å². The number of carboxylic acids is 1. The molecule has 2 saturated heterocycles. The lowest BCUT2D eigenvalue weighted by Gasteiger charge is -2.54. The molecule has 9 heteroatoms. The van der Waals surface area contributed by atoms with E-state index < -0.39 is 29.9 Å². The van der Waals surface area contributed by atoms with E-state index >= 15 is 0 Å². The first-order valence-electron chi connectivity index (χ1n) is 13.6. The highest BCUT2D eigenvalue weighted by molar-refractivity contribution is 6.01. The van der Waals surface area contributed by atoms with E-state index in [1.807, 2.05) is 67.6 Å². The van der Waals surface area contributed by atoms with E-state index in [0.717, 1.165) is 6.42 Å². The van der Waals surface area contributed by atoms with Crippen molar-refractivity contribution in [3.05, 3.63) is 96.3 Å². The number of hydrogen-bond acceptors (Lipinski definition) is 3. The molecule has 2 bridgehead atoms. The summed E-state index contributed by atoms with van der Waals surface area (Å²) in [6, 6.07) is 21.5. The monoisotopic (exact) mass is 544 g/mol. The first-order valence-corrected chi connectivity index (χ1v) is 13.6. The average Bonchev–Trinajstić information content (AvgIpc) is 2.97. The zero-order valence-electron chi connectivity index (χ0n) is 22.4. The third-order valence-electron chi connectivity index (χ3n) is 7.81. The fraction of sp³-hybridized carbons (Fsp3) is 0.323. The number of fused-ring (bicyclic) bond motifs is 2. The number of urea groups is 2. The maximum absolute atomic E-state index is 14.4. The smallest absolute Gasteiger partial charge is 0.329 e. The number of nitrogens with zero attached hydrogens (tertiary/aromatic N) is 4. The number of rotatable bonds is 6. The van der Waals surface area contributed by atoms with E-state index in [9.17, 15) is 23.9 Å². The zero-order valence-corrected chi connectivity index (χ0v) is 22.4. The van der Waals surface area contributed by atoms with Gasteiger partial charge in [0.15, 0.2) is 6.04 Å². The van der Waals surface area contributed by atoms with Crippen molar-refractivity contribution in [3.63, 3.8) is 0 Å². The molecule has 5 rings (SSSR count). The van der Waals surface area contributed by atoms with E-state index in [1.165, 1.54) is 15.9 Å². The van der Waals surface area contributed by atoms with Crippen molar-refractivity contribution >= 4 is 29.4 Å². The van der Waals surface area contributed by atoms with Gasteiger partial charge in [0, 0.05) is 18.7 Å². The number of anilines is 2. The molecule has 40 heavy (non-hydrogen) atoms. The number of benzene rings is 3. The van der Waals surface area contributed by atoms with Crippen LogP contribution in [0.15, 0.2) is 84.9 Å². The number of halogens is 1. The summed E-state index contributed by atoms with van der Waals surface area (Å²) in [4.78, 5) is 47.0. The fourth-order valence-electron chi connectivity index (χ4n) is 5.90. The van der Waals surface area contributed by atoms with Gasteiger partial charge in [-0.25, -0.2) is 18.8 Å². The molecular formula is C31H33FN4O4. The maximum Gasteiger partial charge on any atom is 0.329 e. The SMILES string of the molecule is CCN(Cc1ccccc1F)C(=O)N1[C@H]2CCC[C@@H]1[C@@H](C(=O)O)N(C(=O)N(c1ccccc1)c1ccccc1)C2. The van der Waals surface area contributed by atoms with Crippen LogP contribution in [0.2, 0.25) is 0 Å². The molecule has 1 N–H and O–H groups in total. The Morgan fingerprint density at radius 1 is 0.875 bits per heavy atom. The molecule has 0 aliphatic carbocycles. The Balaban J connectivity index is 1.47. The van der Waals surface area contributed by atoms with E-state index in [0.29, 0.717) is 36.3 Å². The molecule has 0 spiro atoms. The summed E-state index contributed by atoms with van der Waals surface area (Å²) < 4.78 is 14.4. The van der Waals surface area contributed by atoms with Gasteiger partial charge in [-0.15, -0.1) is 0 Å². The standard InChI is InChI=1S/C31H33FN4O4/c1-2-33(20-22-12-9-10-18-26(22)32)30(39)36-25-17-11-19-27(36)28(29(37)38)34(21-25)31(40)35(23-13-5-3-6-14-23)24-15-7-4-8-16-24/h3-10,12-16,18,25,27-28H,2,11,17,19-21H2,1H3,(H,37,38)/t25-,27+,28-/m0/s1. The second-order valence-electron chi connectivity index (χ2n) is 10.2. The summed E-state index contributed by atoms with van der Waals surface area (Å²) >= 11 is 0. The van der Waals surface area contributed by atoms with Crippen LogP contribution in [0.4, 0.5) is 25.4 Å². The molecule has 3 atom stereocenters. The lowest BCUT2D eigenvalue weighted by atomic mass is 9.86. The number of carbonyl (C=O) groups excluding carboxylic acids is 2. The first kappa shape index (κ1) is 27.2. The van der Waals surface area contributed by atoms with Crippen molar-refractivity contribution in [2.24, 2.45) is 0 Å². The van der Waals surface area contributed by atoms with Gasteiger partial charge >= 0.3 is 18.0 Å². The summed E-state index contributed by atoms with van der Waals surface area (Å²) in [6.45, 7) is 2.32. The Kier molecular flexibility index (Phi) is 8.00. The lowest BCUT2D eigenvalue weighted by Crippen LogP contribution is -2.72. The third kappa shape index (κ3) is 5.23. The van der Waals surface area contributed by atoms with Crippen LogP contribution in [0.1, 0.15) is 31.7 Å². The number of piperidine rings is 1. The second-order valence-corrected chi connectivity index (χ2v) is 10.2. The van der Waals surface area contributed by atoms with Crippen molar-refractivity contribution in [3.8, 4) is 0 Å². The zero-order chi connectivity index (χ0) is 28.2.